The highest BCUT2D eigenvalue weighted by Crippen LogP contribution is 2.27. The van der Waals surface area contributed by atoms with E-state index in [1.54, 1.807) is 23.2 Å². The Bertz CT molecular complexity index is 953. The number of hydrogen-bond acceptors (Lipinski definition) is 10. The lowest BCUT2D eigenvalue weighted by Gasteiger charge is -2.27. The highest BCUT2D eigenvalue weighted by molar-refractivity contribution is 5.63. The summed E-state index contributed by atoms with van der Waals surface area (Å²) in [6, 6.07) is 0. The van der Waals surface area contributed by atoms with Gasteiger partial charge >= 0.3 is 0 Å². The predicted octanol–water partition coefficient (Wildman–Crippen LogP) is 0.250. The van der Waals surface area contributed by atoms with E-state index in [9.17, 15) is 0 Å². The van der Waals surface area contributed by atoms with E-state index in [1.807, 2.05) is 6.92 Å². The number of methoxy groups -OCH3 is 1. The molecular weight excluding hydrogens is 350 g/mol. The Morgan fingerprint density at radius 1 is 1.07 bits per heavy atom. The fourth-order valence-corrected chi connectivity index (χ4v) is 2.76. The van der Waals surface area contributed by atoms with E-state index in [0.29, 0.717) is 55.5 Å². The van der Waals surface area contributed by atoms with E-state index < -0.39 is 0 Å². The lowest BCUT2D eigenvalue weighted by Crippen LogP contribution is -2.37. The third-order valence-corrected chi connectivity index (χ3v) is 4.15. The average molecular weight is 369 g/mol. The monoisotopic (exact) mass is 369 g/mol. The molecule has 3 aromatic heterocycles. The Balaban J connectivity index is 1.87. The molecule has 2 N–H and O–H groups in total. The minimum Gasteiger partial charge on any atom is -0.480 e. The normalized spacial score (nSPS) is 14.4. The first kappa shape index (κ1) is 17.1. The molecule has 0 saturated carbocycles. The smallest absolute Gasteiger partial charge is 0.240 e. The third kappa shape index (κ3) is 3.36. The van der Waals surface area contributed by atoms with Crippen LogP contribution < -0.4 is 15.4 Å². The summed E-state index contributed by atoms with van der Waals surface area (Å²) < 4.78 is 12.6. The first-order valence-electron chi connectivity index (χ1n) is 8.41. The molecule has 0 spiro atoms. The van der Waals surface area contributed by atoms with Crippen LogP contribution in [0.3, 0.4) is 0 Å². The van der Waals surface area contributed by atoms with Gasteiger partial charge < -0.3 is 20.1 Å². The number of anilines is 2. The molecule has 1 fully saturated rings. The van der Waals surface area contributed by atoms with Crippen molar-refractivity contribution in [3.05, 3.63) is 24.4 Å². The first-order chi connectivity index (χ1) is 13.2. The van der Waals surface area contributed by atoms with Crippen LogP contribution in [0, 0.1) is 6.92 Å². The molecule has 0 amide bonds. The van der Waals surface area contributed by atoms with Crippen molar-refractivity contribution >= 4 is 11.9 Å². The number of rotatable bonds is 4. The summed E-state index contributed by atoms with van der Waals surface area (Å²) in [5, 5.41) is 0. The average Bonchev–Trinajstić information content (AvgIpc) is 3.14. The molecule has 3 aromatic rings. The predicted molar refractivity (Wildman–Crippen MR) is 96.7 cm³/mol. The topological polar surface area (TPSA) is 130 Å². The molecule has 0 radical (unpaired) electrons. The number of nitrogens with zero attached hydrogens (tertiary/aromatic N) is 8. The van der Waals surface area contributed by atoms with Crippen LogP contribution in [0.2, 0.25) is 0 Å². The minimum absolute atomic E-state index is 0.115. The van der Waals surface area contributed by atoms with Gasteiger partial charge in [-0.1, -0.05) is 0 Å². The van der Waals surface area contributed by atoms with Crippen LogP contribution in [0.5, 0.6) is 5.88 Å². The molecule has 140 valence electrons. The third-order valence-electron chi connectivity index (χ3n) is 4.15. The maximum absolute atomic E-state index is 5.67. The summed E-state index contributed by atoms with van der Waals surface area (Å²) in [5.74, 6) is 2.58. The molecular formula is C16H19N9O2. The summed E-state index contributed by atoms with van der Waals surface area (Å²) in [5.41, 5.74) is 6.20. The lowest BCUT2D eigenvalue weighted by atomic mass is 10.3. The minimum atomic E-state index is 0.115. The Morgan fingerprint density at radius 3 is 2.56 bits per heavy atom. The van der Waals surface area contributed by atoms with Gasteiger partial charge in [0.05, 0.1) is 20.3 Å². The number of nitrogens with two attached hydrogens (primary N) is 1. The van der Waals surface area contributed by atoms with Gasteiger partial charge in [0, 0.05) is 31.7 Å². The summed E-state index contributed by atoms with van der Waals surface area (Å²) in [6.07, 6.45) is 5.04. The summed E-state index contributed by atoms with van der Waals surface area (Å²) in [6.45, 7) is 4.51. The number of nitrogen functional groups attached to an aromatic ring is 1. The lowest BCUT2D eigenvalue weighted by molar-refractivity contribution is 0.122. The number of imidazole rings is 1. The molecule has 1 aliphatic heterocycles. The number of ether oxygens (including phenoxy) is 2. The fraction of sp³-hybridized carbons (Fsp3) is 0.375. The second kappa shape index (κ2) is 7.11. The highest BCUT2D eigenvalue weighted by atomic mass is 16.5. The van der Waals surface area contributed by atoms with Crippen molar-refractivity contribution in [1.82, 2.24) is 34.5 Å². The molecule has 0 aliphatic carbocycles. The maximum atomic E-state index is 5.67. The van der Waals surface area contributed by atoms with E-state index >= 15 is 0 Å². The number of hydrogen-bond donors (Lipinski definition) is 1. The van der Waals surface area contributed by atoms with Crippen molar-refractivity contribution in [3.63, 3.8) is 0 Å². The second-order valence-corrected chi connectivity index (χ2v) is 5.85. The van der Waals surface area contributed by atoms with E-state index in [4.69, 9.17) is 15.2 Å². The van der Waals surface area contributed by atoms with Crippen molar-refractivity contribution in [2.45, 2.75) is 6.92 Å². The summed E-state index contributed by atoms with van der Waals surface area (Å²) in [4.78, 5) is 28.3. The summed E-state index contributed by atoms with van der Waals surface area (Å²) >= 11 is 0. The molecule has 11 heteroatoms. The Hall–Kier alpha value is -3.34. The summed E-state index contributed by atoms with van der Waals surface area (Å²) in [7, 11) is 1.51. The number of aryl methyl sites for hydroxylation is 1. The first-order valence-corrected chi connectivity index (χ1v) is 8.41. The standard InChI is InChI=1S/C16H19N9O2/c1-10-18-3-4-25(10)16-21-12(11-9-19-14(17)22-13(11)26-2)20-15(23-16)24-5-7-27-8-6-24/h3-4,9H,5-8H2,1-2H3,(H2,17,19,22). The van der Waals surface area contributed by atoms with Crippen LogP contribution in [0.15, 0.2) is 18.6 Å². The molecule has 4 rings (SSSR count). The van der Waals surface area contributed by atoms with Gasteiger partial charge in [0.1, 0.15) is 11.4 Å². The van der Waals surface area contributed by atoms with Crippen molar-refractivity contribution in [2.75, 3.05) is 44.0 Å². The van der Waals surface area contributed by atoms with E-state index in [-0.39, 0.29) is 5.95 Å². The molecule has 11 nitrogen and oxygen atoms in total. The van der Waals surface area contributed by atoms with Crippen molar-refractivity contribution < 1.29 is 9.47 Å². The molecule has 4 heterocycles. The van der Waals surface area contributed by atoms with Gasteiger partial charge in [0.25, 0.3) is 0 Å². The molecule has 0 atom stereocenters. The van der Waals surface area contributed by atoms with E-state index in [0.717, 1.165) is 5.82 Å². The van der Waals surface area contributed by atoms with Gasteiger partial charge in [-0.25, -0.2) is 9.97 Å². The van der Waals surface area contributed by atoms with Gasteiger partial charge in [-0.15, -0.1) is 0 Å². The molecule has 1 saturated heterocycles. The molecule has 0 bridgehead atoms. The van der Waals surface area contributed by atoms with Gasteiger partial charge in [-0.3, -0.25) is 4.57 Å². The molecule has 0 aromatic carbocycles. The van der Waals surface area contributed by atoms with Crippen LogP contribution in [-0.4, -0.2) is 67.9 Å². The molecule has 0 unspecified atom stereocenters. The zero-order valence-electron chi connectivity index (χ0n) is 15.0. The van der Waals surface area contributed by atoms with Crippen LogP contribution in [0.25, 0.3) is 17.3 Å². The molecule has 1 aliphatic rings. The van der Waals surface area contributed by atoms with Crippen LogP contribution >= 0.6 is 0 Å². The fourth-order valence-electron chi connectivity index (χ4n) is 2.76. The van der Waals surface area contributed by atoms with Crippen molar-refractivity contribution in [3.8, 4) is 23.2 Å². The van der Waals surface area contributed by atoms with E-state index in [2.05, 4.69) is 34.8 Å². The van der Waals surface area contributed by atoms with Gasteiger partial charge in [-0.2, -0.15) is 19.9 Å². The largest absolute Gasteiger partial charge is 0.480 e. The highest BCUT2D eigenvalue weighted by Gasteiger charge is 2.20. The zero-order chi connectivity index (χ0) is 18.8. The Morgan fingerprint density at radius 2 is 1.85 bits per heavy atom. The van der Waals surface area contributed by atoms with Gasteiger partial charge in [0.15, 0.2) is 5.82 Å². The molecule has 27 heavy (non-hydrogen) atoms. The second-order valence-electron chi connectivity index (χ2n) is 5.85. The Kier molecular flexibility index (Phi) is 4.50. The maximum Gasteiger partial charge on any atom is 0.240 e. The van der Waals surface area contributed by atoms with Crippen molar-refractivity contribution in [1.29, 1.82) is 0 Å². The van der Waals surface area contributed by atoms with Crippen LogP contribution in [-0.2, 0) is 4.74 Å². The van der Waals surface area contributed by atoms with Gasteiger partial charge in [-0.05, 0) is 6.92 Å². The van der Waals surface area contributed by atoms with Crippen LogP contribution in [0.1, 0.15) is 5.82 Å². The number of morpholine rings is 1. The Labute approximate surface area is 155 Å². The zero-order valence-corrected chi connectivity index (χ0v) is 15.0. The SMILES string of the molecule is COc1nc(N)ncc1-c1nc(N2CCOCC2)nc(-n2ccnc2C)n1. The van der Waals surface area contributed by atoms with Crippen molar-refractivity contribution in [2.24, 2.45) is 0 Å². The van der Waals surface area contributed by atoms with E-state index in [1.165, 1.54) is 7.11 Å². The van der Waals surface area contributed by atoms with Gasteiger partial charge in [0.2, 0.25) is 23.7 Å². The van der Waals surface area contributed by atoms with Crippen LogP contribution in [0.4, 0.5) is 11.9 Å². The number of aromatic nitrogens is 7. The quantitative estimate of drug-likeness (QED) is 0.683.